The van der Waals surface area contributed by atoms with Gasteiger partial charge in [0.1, 0.15) is 17.2 Å². The number of hydrogen-bond acceptors (Lipinski definition) is 3. The van der Waals surface area contributed by atoms with Crippen LogP contribution in [-0.4, -0.2) is 11.3 Å². The molecular formula is C52H33BN2O2. The van der Waals surface area contributed by atoms with E-state index < -0.39 is 0 Å². The van der Waals surface area contributed by atoms with Gasteiger partial charge in [-0.15, -0.1) is 0 Å². The van der Waals surface area contributed by atoms with E-state index in [1.807, 2.05) is 0 Å². The van der Waals surface area contributed by atoms with Gasteiger partial charge in [-0.2, -0.15) is 0 Å². The fourth-order valence-corrected chi connectivity index (χ4v) is 9.25. The summed E-state index contributed by atoms with van der Waals surface area (Å²) in [6.07, 6.45) is 0. The summed E-state index contributed by atoms with van der Waals surface area (Å²) in [6, 6.07) is 71.2. The summed E-state index contributed by atoms with van der Waals surface area (Å²) in [5, 5.41) is 4.54. The summed E-state index contributed by atoms with van der Waals surface area (Å²) in [5.74, 6) is 3.42. The first-order valence-corrected chi connectivity index (χ1v) is 19.5. The number of nitrogens with zero attached hydrogens (tertiary/aromatic N) is 2. The Morgan fingerprint density at radius 3 is 1.79 bits per heavy atom. The van der Waals surface area contributed by atoms with Crippen LogP contribution in [0.3, 0.4) is 0 Å². The highest BCUT2D eigenvalue weighted by molar-refractivity contribution is 6.98. The molecule has 0 spiro atoms. The molecule has 10 aromatic rings. The van der Waals surface area contributed by atoms with Crippen molar-refractivity contribution in [3.8, 4) is 39.8 Å². The monoisotopic (exact) mass is 728 g/mol. The highest BCUT2D eigenvalue weighted by atomic mass is 16.5. The van der Waals surface area contributed by atoms with E-state index in [2.05, 4.69) is 210 Å². The molecule has 0 atom stereocenters. The number of anilines is 3. The minimum Gasteiger partial charge on any atom is -0.458 e. The third-order valence-electron chi connectivity index (χ3n) is 11.7. The Kier molecular flexibility index (Phi) is 6.99. The van der Waals surface area contributed by atoms with Crippen LogP contribution < -0.4 is 30.8 Å². The van der Waals surface area contributed by atoms with E-state index >= 15 is 0 Å². The van der Waals surface area contributed by atoms with Crippen LogP contribution in [0.25, 0.3) is 49.4 Å². The molecule has 12 rings (SSSR count). The Labute approximate surface area is 330 Å². The average molecular weight is 729 g/mol. The lowest BCUT2D eigenvalue weighted by atomic mass is 9.35. The SMILES string of the molecule is c1ccc(-c2cccc(N(c3ccccc3)c3cc4c(c5ccccc35)c3cc5c6c(c3n4-c3ccccc3)Oc3ccccc3B6c3ccccc3O5)c2)cc1. The van der Waals surface area contributed by atoms with E-state index in [1.165, 1.54) is 5.56 Å². The summed E-state index contributed by atoms with van der Waals surface area (Å²) in [7, 11) is 0. The number of para-hydroxylation sites is 4. The molecule has 5 heteroatoms. The fourth-order valence-electron chi connectivity index (χ4n) is 9.25. The van der Waals surface area contributed by atoms with Crippen molar-refractivity contribution in [2.45, 2.75) is 0 Å². The van der Waals surface area contributed by atoms with Crippen molar-refractivity contribution in [2.24, 2.45) is 0 Å². The molecule has 57 heavy (non-hydrogen) atoms. The summed E-state index contributed by atoms with van der Waals surface area (Å²) < 4.78 is 16.4. The summed E-state index contributed by atoms with van der Waals surface area (Å²) >= 11 is 0. The second-order valence-corrected chi connectivity index (χ2v) is 14.8. The molecule has 0 amide bonds. The Hall–Kier alpha value is -7.50. The van der Waals surface area contributed by atoms with Crippen LogP contribution in [0, 0.1) is 0 Å². The zero-order chi connectivity index (χ0) is 37.5. The van der Waals surface area contributed by atoms with E-state index in [0.717, 1.165) is 100 Å². The van der Waals surface area contributed by atoms with Gasteiger partial charge in [0.2, 0.25) is 0 Å². The maximum Gasteiger partial charge on any atom is 0.260 e. The molecule has 0 N–H and O–H groups in total. The van der Waals surface area contributed by atoms with Gasteiger partial charge in [0, 0.05) is 38.7 Å². The van der Waals surface area contributed by atoms with Gasteiger partial charge in [-0.05, 0) is 88.1 Å². The predicted molar refractivity (Wildman–Crippen MR) is 236 cm³/mol. The number of benzene rings is 9. The second-order valence-electron chi connectivity index (χ2n) is 14.8. The number of hydrogen-bond donors (Lipinski definition) is 0. The highest BCUT2D eigenvalue weighted by Crippen LogP contribution is 2.49. The zero-order valence-corrected chi connectivity index (χ0v) is 30.8. The summed E-state index contributed by atoms with van der Waals surface area (Å²) in [5.41, 5.74) is 12.1. The second kappa shape index (κ2) is 12.5. The van der Waals surface area contributed by atoms with E-state index in [0.29, 0.717) is 0 Å². The smallest absolute Gasteiger partial charge is 0.260 e. The van der Waals surface area contributed by atoms with Crippen LogP contribution in [0.2, 0.25) is 0 Å². The summed E-state index contributed by atoms with van der Waals surface area (Å²) in [4.78, 5) is 2.40. The molecule has 0 unspecified atom stereocenters. The maximum absolute atomic E-state index is 7.12. The molecule has 0 saturated carbocycles. The Morgan fingerprint density at radius 2 is 1.04 bits per heavy atom. The molecule has 4 nitrogen and oxygen atoms in total. The third-order valence-corrected chi connectivity index (χ3v) is 11.7. The molecule has 3 heterocycles. The van der Waals surface area contributed by atoms with Gasteiger partial charge in [-0.3, -0.25) is 0 Å². The maximum atomic E-state index is 7.12. The van der Waals surface area contributed by atoms with Crippen LogP contribution in [0.15, 0.2) is 200 Å². The van der Waals surface area contributed by atoms with Gasteiger partial charge in [-0.1, -0.05) is 140 Å². The standard InChI is InChI=1S/C52H33BN2O2/c1-4-17-34(18-5-1)35-19-16-24-38(31-35)54(36-20-6-2-7-21-36)44-33-45-49(40-26-11-10-25-39(40)44)41-32-48-50-52(51(41)55(45)37-22-8-3-9-23-37)57-47-30-15-13-28-43(47)53(50)42-27-12-14-29-46(42)56-48/h1-33H. The van der Waals surface area contributed by atoms with Gasteiger partial charge in [-0.25, -0.2) is 0 Å². The lowest BCUT2D eigenvalue weighted by Crippen LogP contribution is -2.57. The Balaban J connectivity index is 1.21. The fraction of sp³-hybridized carbons (Fsp3) is 0. The van der Waals surface area contributed by atoms with Gasteiger partial charge in [0.15, 0.2) is 5.75 Å². The molecule has 2 aliphatic rings. The number of fused-ring (bicyclic) bond motifs is 10. The van der Waals surface area contributed by atoms with E-state index in [9.17, 15) is 0 Å². The van der Waals surface area contributed by atoms with Crippen LogP contribution in [0.1, 0.15) is 0 Å². The van der Waals surface area contributed by atoms with Crippen molar-refractivity contribution in [1.82, 2.24) is 4.57 Å². The van der Waals surface area contributed by atoms with Crippen LogP contribution >= 0.6 is 0 Å². The van der Waals surface area contributed by atoms with Crippen LogP contribution in [-0.2, 0) is 0 Å². The largest absolute Gasteiger partial charge is 0.458 e. The zero-order valence-electron chi connectivity index (χ0n) is 30.8. The molecule has 0 aliphatic carbocycles. The highest BCUT2D eigenvalue weighted by Gasteiger charge is 2.42. The molecule has 0 fully saturated rings. The normalized spacial score (nSPS) is 12.5. The Bertz CT molecular complexity index is 3190. The van der Waals surface area contributed by atoms with Crippen molar-refractivity contribution >= 4 is 72.7 Å². The molecule has 2 aliphatic heterocycles. The van der Waals surface area contributed by atoms with Crippen molar-refractivity contribution in [3.05, 3.63) is 200 Å². The molecular weight excluding hydrogens is 695 g/mol. The van der Waals surface area contributed by atoms with E-state index in [4.69, 9.17) is 9.47 Å². The molecule has 0 bridgehead atoms. The Morgan fingerprint density at radius 1 is 0.439 bits per heavy atom. The average Bonchev–Trinajstić information content (AvgIpc) is 3.61. The first-order valence-electron chi connectivity index (χ1n) is 19.5. The van der Waals surface area contributed by atoms with Crippen molar-refractivity contribution in [1.29, 1.82) is 0 Å². The molecule has 9 aromatic carbocycles. The third kappa shape index (κ3) is 4.82. The van der Waals surface area contributed by atoms with Gasteiger partial charge in [0.05, 0.1) is 16.7 Å². The minimum absolute atomic E-state index is 0.0331. The molecule has 266 valence electrons. The lowest BCUT2D eigenvalue weighted by molar-refractivity contribution is 0.467. The first-order chi connectivity index (χ1) is 28.3. The van der Waals surface area contributed by atoms with Gasteiger partial charge < -0.3 is 18.9 Å². The van der Waals surface area contributed by atoms with Crippen LogP contribution in [0.5, 0.6) is 23.0 Å². The topological polar surface area (TPSA) is 26.6 Å². The lowest BCUT2D eigenvalue weighted by Gasteiger charge is -2.33. The van der Waals surface area contributed by atoms with E-state index in [1.54, 1.807) is 0 Å². The van der Waals surface area contributed by atoms with Gasteiger partial charge in [0.25, 0.3) is 6.71 Å². The molecule has 0 radical (unpaired) electrons. The van der Waals surface area contributed by atoms with Crippen LogP contribution in [0.4, 0.5) is 17.1 Å². The number of ether oxygens (including phenoxy) is 2. The predicted octanol–water partition coefficient (Wildman–Crippen LogP) is 11.8. The van der Waals surface area contributed by atoms with Crippen molar-refractivity contribution in [2.75, 3.05) is 4.90 Å². The number of aromatic nitrogens is 1. The van der Waals surface area contributed by atoms with E-state index in [-0.39, 0.29) is 6.71 Å². The van der Waals surface area contributed by atoms with Crippen molar-refractivity contribution < 1.29 is 9.47 Å². The van der Waals surface area contributed by atoms with Crippen molar-refractivity contribution in [3.63, 3.8) is 0 Å². The van der Waals surface area contributed by atoms with Gasteiger partial charge >= 0.3 is 0 Å². The quantitative estimate of drug-likeness (QED) is 0.165. The minimum atomic E-state index is -0.0331. The first kappa shape index (κ1) is 31.8. The molecule has 1 aromatic heterocycles. The number of rotatable bonds is 5. The summed E-state index contributed by atoms with van der Waals surface area (Å²) in [6.45, 7) is -0.0331. The molecule has 0 saturated heterocycles.